The van der Waals surface area contributed by atoms with Crippen LogP contribution in [0.5, 0.6) is 0 Å². The van der Waals surface area contributed by atoms with Crippen LogP contribution in [-0.2, 0) is 16.1 Å². The number of nitrogens with one attached hydrogen (secondary N) is 3. The summed E-state index contributed by atoms with van der Waals surface area (Å²) in [7, 11) is 1.92. The third-order valence-electron chi connectivity index (χ3n) is 4.33. The van der Waals surface area contributed by atoms with E-state index in [9.17, 15) is 9.59 Å². The van der Waals surface area contributed by atoms with E-state index in [1.54, 1.807) is 6.26 Å². The monoisotopic (exact) mass is 344 g/mol. The average molecular weight is 344 g/mol. The normalized spacial score (nSPS) is 13.1. The number of hydrogen-bond donors (Lipinski definition) is 3. The lowest BCUT2D eigenvalue weighted by atomic mass is 10.1. The summed E-state index contributed by atoms with van der Waals surface area (Å²) in [6.45, 7) is 6.27. The highest BCUT2D eigenvalue weighted by atomic mass is 16.3. The van der Waals surface area contributed by atoms with Crippen LogP contribution in [0.15, 0.2) is 41.0 Å². The van der Waals surface area contributed by atoms with Gasteiger partial charge in [0.1, 0.15) is 6.54 Å². The summed E-state index contributed by atoms with van der Waals surface area (Å²) in [5, 5.41) is 5.56. The molecule has 6 heteroatoms. The Kier molecular flexibility index (Phi) is 6.36. The Morgan fingerprint density at radius 3 is 2.44 bits per heavy atom. The van der Waals surface area contributed by atoms with Crippen LogP contribution in [0.4, 0.5) is 5.69 Å². The lowest BCUT2D eigenvalue weighted by Gasteiger charge is -2.20. The number of benzene rings is 1. The molecule has 0 bridgehead atoms. The quantitative estimate of drug-likeness (QED) is 0.703. The second-order valence-electron chi connectivity index (χ2n) is 6.36. The van der Waals surface area contributed by atoms with Crippen LogP contribution in [0.2, 0.25) is 0 Å². The fraction of sp³-hybridized carbons (Fsp3) is 0.368. The molecule has 0 saturated heterocycles. The number of likely N-dealkylation sites (N-methyl/N-ethyl adjacent to an activating group) is 1. The Bertz CT molecular complexity index is 705. The first-order chi connectivity index (χ1) is 11.9. The number of carbonyl (C=O) groups excluding carboxylic acids is 2. The third kappa shape index (κ3) is 5.19. The van der Waals surface area contributed by atoms with Gasteiger partial charge in [-0.05, 0) is 44.0 Å². The van der Waals surface area contributed by atoms with E-state index in [-0.39, 0.29) is 24.4 Å². The van der Waals surface area contributed by atoms with Crippen LogP contribution in [-0.4, -0.2) is 31.4 Å². The number of quaternary nitrogens is 1. The van der Waals surface area contributed by atoms with E-state index < -0.39 is 0 Å². The molecule has 0 aliphatic carbocycles. The van der Waals surface area contributed by atoms with Crippen molar-refractivity contribution in [2.45, 2.75) is 33.4 Å². The van der Waals surface area contributed by atoms with Gasteiger partial charge in [0, 0.05) is 5.69 Å². The van der Waals surface area contributed by atoms with E-state index in [2.05, 4.69) is 10.6 Å². The number of aryl methyl sites for hydroxylation is 2. The molecule has 25 heavy (non-hydrogen) atoms. The number of amides is 2. The molecule has 6 nitrogen and oxygen atoms in total. The van der Waals surface area contributed by atoms with Crippen molar-refractivity contribution in [1.29, 1.82) is 0 Å². The van der Waals surface area contributed by atoms with Gasteiger partial charge < -0.3 is 20.0 Å². The number of rotatable bonds is 7. The molecule has 0 aliphatic rings. The van der Waals surface area contributed by atoms with Gasteiger partial charge in [-0.25, -0.2) is 0 Å². The zero-order valence-corrected chi connectivity index (χ0v) is 15.2. The lowest BCUT2D eigenvalue weighted by molar-refractivity contribution is -0.909. The zero-order valence-electron chi connectivity index (χ0n) is 15.2. The van der Waals surface area contributed by atoms with E-state index in [0.717, 1.165) is 27.5 Å². The first-order valence-corrected chi connectivity index (χ1v) is 8.37. The van der Waals surface area contributed by atoms with Gasteiger partial charge in [0.05, 0.1) is 19.9 Å². The molecule has 2 atom stereocenters. The van der Waals surface area contributed by atoms with Crippen LogP contribution in [0.3, 0.4) is 0 Å². The Hall–Kier alpha value is -2.60. The van der Waals surface area contributed by atoms with Gasteiger partial charge in [-0.15, -0.1) is 0 Å². The molecule has 2 amide bonds. The maximum Gasteiger partial charge on any atom is 0.278 e. The first kappa shape index (κ1) is 18.7. The highest BCUT2D eigenvalue weighted by molar-refractivity contribution is 5.96. The van der Waals surface area contributed by atoms with Gasteiger partial charge >= 0.3 is 0 Å². The third-order valence-corrected chi connectivity index (χ3v) is 4.33. The molecule has 134 valence electrons. The number of anilines is 1. The van der Waals surface area contributed by atoms with Crippen molar-refractivity contribution in [1.82, 2.24) is 5.32 Å². The van der Waals surface area contributed by atoms with Gasteiger partial charge in [-0.2, -0.15) is 0 Å². The van der Waals surface area contributed by atoms with E-state index in [4.69, 9.17) is 4.42 Å². The molecule has 0 aliphatic heterocycles. The number of hydrogen-bond acceptors (Lipinski definition) is 3. The average Bonchev–Trinajstić information content (AvgIpc) is 3.08. The van der Waals surface area contributed by atoms with Crippen molar-refractivity contribution in [2.24, 2.45) is 0 Å². The number of carbonyl (C=O) groups is 2. The minimum Gasteiger partial charge on any atom is -0.463 e. The second-order valence-corrected chi connectivity index (χ2v) is 6.36. The summed E-state index contributed by atoms with van der Waals surface area (Å²) in [6.07, 6.45) is 1.62. The van der Waals surface area contributed by atoms with Crippen molar-refractivity contribution >= 4 is 17.5 Å². The maximum absolute atomic E-state index is 12.3. The lowest BCUT2D eigenvalue weighted by Crippen LogP contribution is -3.12. The highest BCUT2D eigenvalue weighted by Gasteiger charge is 2.23. The van der Waals surface area contributed by atoms with Crippen LogP contribution in [0.1, 0.15) is 23.8 Å². The summed E-state index contributed by atoms with van der Waals surface area (Å²) < 4.78 is 5.30. The SMILES string of the molecule is Cc1cccc(C)c1NC(=O)CNC(=O)[C@H](C)[NH+](C)Cc1ccco1. The van der Waals surface area contributed by atoms with E-state index in [1.165, 1.54) is 0 Å². The van der Waals surface area contributed by atoms with Crippen molar-refractivity contribution in [3.05, 3.63) is 53.5 Å². The molecule has 1 aromatic carbocycles. The van der Waals surface area contributed by atoms with Crippen molar-refractivity contribution in [3.63, 3.8) is 0 Å². The molecule has 2 rings (SSSR count). The van der Waals surface area contributed by atoms with Crippen molar-refractivity contribution in [3.8, 4) is 0 Å². The van der Waals surface area contributed by atoms with Gasteiger partial charge in [0.15, 0.2) is 11.8 Å². The largest absolute Gasteiger partial charge is 0.463 e. The molecule has 0 saturated carbocycles. The highest BCUT2D eigenvalue weighted by Crippen LogP contribution is 2.18. The van der Waals surface area contributed by atoms with Crippen LogP contribution in [0, 0.1) is 13.8 Å². The van der Waals surface area contributed by atoms with Crippen LogP contribution in [0.25, 0.3) is 0 Å². The van der Waals surface area contributed by atoms with Gasteiger partial charge in [0.2, 0.25) is 5.91 Å². The predicted octanol–water partition coefficient (Wildman–Crippen LogP) is 1.05. The zero-order chi connectivity index (χ0) is 18.4. The molecule has 1 aromatic heterocycles. The summed E-state index contributed by atoms with van der Waals surface area (Å²) in [5.74, 6) is 0.423. The van der Waals surface area contributed by atoms with Crippen molar-refractivity contribution < 1.29 is 18.9 Å². The van der Waals surface area contributed by atoms with Gasteiger partial charge in [-0.3, -0.25) is 9.59 Å². The minimum atomic E-state index is -0.293. The Morgan fingerprint density at radius 1 is 1.16 bits per heavy atom. The number of furan rings is 1. The molecule has 1 unspecified atom stereocenters. The summed E-state index contributed by atoms with van der Waals surface area (Å²) in [5.41, 5.74) is 2.79. The van der Waals surface area contributed by atoms with Crippen LogP contribution >= 0.6 is 0 Å². The first-order valence-electron chi connectivity index (χ1n) is 8.37. The molecular formula is C19H26N3O3+. The minimum absolute atomic E-state index is 0.0506. The fourth-order valence-electron chi connectivity index (χ4n) is 2.58. The van der Waals surface area contributed by atoms with E-state index in [0.29, 0.717) is 6.54 Å². The smallest absolute Gasteiger partial charge is 0.278 e. The second kappa shape index (κ2) is 8.48. The molecular weight excluding hydrogens is 318 g/mol. The van der Waals surface area contributed by atoms with E-state index in [1.807, 2.05) is 58.2 Å². The fourth-order valence-corrected chi connectivity index (χ4v) is 2.58. The van der Waals surface area contributed by atoms with E-state index >= 15 is 0 Å². The maximum atomic E-state index is 12.3. The van der Waals surface area contributed by atoms with Gasteiger partial charge in [-0.1, -0.05) is 18.2 Å². The Morgan fingerprint density at radius 2 is 1.84 bits per heavy atom. The Balaban J connectivity index is 1.83. The molecule has 0 radical (unpaired) electrons. The molecule has 3 N–H and O–H groups in total. The Labute approximate surface area is 148 Å². The van der Waals surface area contributed by atoms with Crippen molar-refractivity contribution in [2.75, 3.05) is 18.9 Å². The summed E-state index contributed by atoms with van der Waals surface area (Å²) in [6, 6.07) is 9.24. The van der Waals surface area contributed by atoms with Crippen LogP contribution < -0.4 is 15.5 Å². The topological polar surface area (TPSA) is 75.8 Å². The number of para-hydroxylation sites is 1. The summed E-state index contributed by atoms with van der Waals surface area (Å²) in [4.78, 5) is 25.4. The molecule has 1 heterocycles. The molecule has 0 fully saturated rings. The van der Waals surface area contributed by atoms with Gasteiger partial charge in [0.25, 0.3) is 5.91 Å². The molecule has 0 spiro atoms. The molecule has 2 aromatic rings. The summed E-state index contributed by atoms with van der Waals surface area (Å²) >= 11 is 0. The standard InChI is InChI=1S/C19H25N3O3/c1-13-7-5-8-14(2)18(13)21-17(23)11-20-19(24)15(3)22(4)12-16-9-6-10-25-16/h5-10,15H,11-12H2,1-4H3,(H,20,24)(H,21,23)/p+1/t15-/m0/s1. The predicted molar refractivity (Wildman–Crippen MR) is 96.3 cm³/mol.